The van der Waals surface area contributed by atoms with E-state index in [1.165, 1.54) is 11.4 Å². The number of aromatic amines is 1. The van der Waals surface area contributed by atoms with Gasteiger partial charge in [0.1, 0.15) is 0 Å². The van der Waals surface area contributed by atoms with Gasteiger partial charge >= 0.3 is 5.97 Å². The fourth-order valence-electron chi connectivity index (χ4n) is 2.99. The van der Waals surface area contributed by atoms with Gasteiger partial charge in [-0.2, -0.15) is 0 Å². The van der Waals surface area contributed by atoms with E-state index in [1.807, 2.05) is 6.07 Å². The minimum absolute atomic E-state index is 0.185. The van der Waals surface area contributed by atoms with Crippen LogP contribution in [0, 0.1) is 12.8 Å². The number of carbonyl (C=O) groups is 2. The first-order chi connectivity index (χ1) is 12.9. The van der Waals surface area contributed by atoms with E-state index in [2.05, 4.69) is 15.4 Å². The number of aromatic nitrogens is 3. The fraction of sp³-hybridized carbons (Fsp3) is 0.263. The number of carboxylic acids is 1. The Labute approximate surface area is 154 Å². The molecule has 8 nitrogen and oxygen atoms in total. The molecule has 0 aliphatic carbocycles. The highest BCUT2D eigenvalue weighted by molar-refractivity contribution is 5.80. The molecule has 0 fully saturated rings. The van der Waals surface area contributed by atoms with Gasteiger partial charge in [-0.1, -0.05) is 30.3 Å². The summed E-state index contributed by atoms with van der Waals surface area (Å²) in [6.07, 6.45) is 1.41. The normalized spacial score (nSPS) is 13.3. The van der Waals surface area contributed by atoms with Crippen molar-refractivity contribution in [1.82, 2.24) is 19.9 Å². The minimum atomic E-state index is -1.02. The molecule has 3 N–H and O–H groups in total. The van der Waals surface area contributed by atoms with Crippen LogP contribution in [0.3, 0.4) is 0 Å². The highest BCUT2D eigenvalue weighted by atomic mass is 16.4. The number of hydrogen-bond donors (Lipinski definition) is 3. The molecule has 0 aliphatic heterocycles. The molecule has 0 saturated heterocycles. The summed E-state index contributed by atoms with van der Waals surface area (Å²) in [4.78, 5) is 40.9. The first kappa shape index (κ1) is 18.4. The molecule has 0 spiro atoms. The van der Waals surface area contributed by atoms with E-state index in [0.29, 0.717) is 16.9 Å². The number of fused-ring (bicyclic) bond motifs is 1. The molecule has 2 heterocycles. The lowest BCUT2D eigenvalue weighted by molar-refractivity contribution is -0.142. The first-order valence-electron chi connectivity index (χ1n) is 8.51. The van der Waals surface area contributed by atoms with Crippen LogP contribution in [0.2, 0.25) is 0 Å². The molecule has 1 amide bonds. The molecule has 0 aliphatic rings. The van der Waals surface area contributed by atoms with E-state index >= 15 is 0 Å². The highest BCUT2D eigenvalue weighted by Crippen LogP contribution is 2.22. The van der Waals surface area contributed by atoms with E-state index in [0.717, 1.165) is 0 Å². The number of hydrogen-bond acceptors (Lipinski definition) is 4. The summed E-state index contributed by atoms with van der Waals surface area (Å²) in [5.41, 5.74) is 1.55. The van der Waals surface area contributed by atoms with Gasteiger partial charge in [0, 0.05) is 23.5 Å². The standard InChI is InChI=1S/C19H20N4O4/c1-11(19(26)27)17(13-6-4-3-5-7-13)22-16(24)10-14-12(2)21-15-8-9-20-23(15)18(14)25/h3-9,11,17,20H,10H2,1-2H3,(H,22,24)(H,26,27). The van der Waals surface area contributed by atoms with Crippen molar-refractivity contribution in [2.45, 2.75) is 26.3 Å². The SMILES string of the molecule is Cc1nc2cc[nH]n2c(=O)c1CC(=O)NC(c1ccccc1)C(C)C(=O)O. The van der Waals surface area contributed by atoms with E-state index in [-0.39, 0.29) is 17.5 Å². The van der Waals surface area contributed by atoms with Crippen LogP contribution in [0.1, 0.15) is 29.8 Å². The molecular formula is C19H20N4O4. The van der Waals surface area contributed by atoms with Crippen molar-refractivity contribution in [2.24, 2.45) is 5.92 Å². The second-order valence-corrected chi connectivity index (χ2v) is 6.40. The zero-order valence-corrected chi connectivity index (χ0v) is 15.0. The molecule has 0 radical (unpaired) electrons. The van der Waals surface area contributed by atoms with Crippen molar-refractivity contribution in [1.29, 1.82) is 0 Å². The lowest BCUT2D eigenvalue weighted by atomic mass is 9.94. The van der Waals surface area contributed by atoms with E-state index in [1.54, 1.807) is 43.5 Å². The van der Waals surface area contributed by atoms with Gasteiger partial charge in [-0.05, 0) is 19.4 Å². The summed E-state index contributed by atoms with van der Waals surface area (Å²) in [5.74, 6) is -2.29. The van der Waals surface area contributed by atoms with Crippen molar-refractivity contribution in [3.05, 3.63) is 69.8 Å². The lowest BCUT2D eigenvalue weighted by Gasteiger charge is -2.23. The third-order valence-corrected chi connectivity index (χ3v) is 4.55. The largest absolute Gasteiger partial charge is 0.481 e. The van der Waals surface area contributed by atoms with Crippen LogP contribution in [0.4, 0.5) is 0 Å². The van der Waals surface area contributed by atoms with Crippen molar-refractivity contribution >= 4 is 17.5 Å². The van der Waals surface area contributed by atoms with Gasteiger partial charge in [0.2, 0.25) is 5.91 Å². The Hall–Kier alpha value is -3.42. The molecule has 2 aromatic heterocycles. The molecule has 3 rings (SSSR count). The highest BCUT2D eigenvalue weighted by Gasteiger charge is 2.27. The fourth-order valence-corrected chi connectivity index (χ4v) is 2.99. The lowest BCUT2D eigenvalue weighted by Crippen LogP contribution is -2.37. The number of carbonyl (C=O) groups excluding carboxylic acids is 1. The van der Waals surface area contributed by atoms with Gasteiger partial charge in [0.15, 0.2) is 5.65 Å². The Balaban J connectivity index is 1.87. The molecule has 27 heavy (non-hydrogen) atoms. The van der Waals surface area contributed by atoms with Crippen LogP contribution in [-0.2, 0) is 16.0 Å². The summed E-state index contributed by atoms with van der Waals surface area (Å²) in [6.45, 7) is 3.21. The zero-order valence-electron chi connectivity index (χ0n) is 15.0. The second kappa shape index (κ2) is 7.45. The Morgan fingerprint density at radius 3 is 2.63 bits per heavy atom. The number of nitrogens with zero attached hydrogens (tertiary/aromatic N) is 2. The number of amides is 1. The second-order valence-electron chi connectivity index (χ2n) is 6.40. The quantitative estimate of drug-likeness (QED) is 0.609. The predicted octanol–water partition coefficient (Wildman–Crippen LogP) is 1.45. The Bertz CT molecular complexity index is 1040. The monoisotopic (exact) mass is 368 g/mol. The van der Waals surface area contributed by atoms with Crippen LogP contribution < -0.4 is 10.9 Å². The van der Waals surface area contributed by atoms with Crippen LogP contribution in [0.25, 0.3) is 5.65 Å². The number of carboxylic acid groups (broad SMARTS) is 1. The van der Waals surface area contributed by atoms with Crippen molar-refractivity contribution < 1.29 is 14.7 Å². The molecular weight excluding hydrogens is 348 g/mol. The summed E-state index contributed by atoms with van der Waals surface area (Å²) in [7, 11) is 0. The number of H-pyrrole nitrogens is 1. The van der Waals surface area contributed by atoms with Crippen molar-refractivity contribution in [2.75, 3.05) is 0 Å². The predicted molar refractivity (Wildman–Crippen MR) is 98.4 cm³/mol. The van der Waals surface area contributed by atoms with Crippen LogP contribution in [0.5, 0.6) is 0 Å². The maximum Gasteiger partial charge on any atom is 0.308 e. The van der Waals surface area contributed by atoms with Crippen LogP contribution in [-0.4, -0.2) is 31.6 Å². The minimum Gasteiger partial charge on any atom is -0.481 e. The van der Waals surface area contributed by atoms with Gasteiger partial charge in [-0.25, -0.2) is 9.50 Å². The molecule has 0 bridgehead atoms. The number of nitrogens with one attached hydrogen (secondary N) is 2. The molecule has 2 atom stereocenters. The van der Waals surface area contributed by atoms with Gasteiger partial charge in [0.25, 0.3) is 5.56 Å². The Morgan fingerprint density at radius 1 is 1.26 bits per heavy atom. The average molecular weight is 368 g/mol. The topological polar surface area (TPSA) is 117 Å². The first-order valence-corrected chi connectivity index (χ1v) is 8.51. The number of benzene rings is 1. The zero-order chi connectivity index (χ0) is 19.6. The van der Waals surface area contributed by atoms with Gasteiger partial charge < -0.3 is 10.4 Å². The van der Waals surface area contributed by atoms with Crippen LogP contribution >= 0.6 is 0 Å². The Kier molecular flexibility index (Phi) is 5.07. The summed E-state index contributed by atoms with van der Waals surface area (Å²) in [6, 6.07) is 9.86. The van der Waals surface area contributed by atoms with E-state index in [9.17, 15) is 19.5 Å². The summed E-state index contributed by atoms with van der Waals surface area (Å²) in [5, 5.41) is 14.9. The summed E-state index contributed by atoms with van der Waals surface area (Å²) < 4.78 is 1.27. The molecule has 0 saturated carbocycles. The molecule has 8 heteroatoms. The summed E-state index contributed by atoms with van der Waals surface area (Å²) >= 11 is 0. The Morgan fingerprint density at radius 2 is 1.96 bits per heavy atom. The molecule has 1 aromatic carbocycles. The van der Waals surface area contributed by atoms with E-state index in [4.69, 9.17) is 0 Å². The number of aliphatic carboxylic acids is 1. The van der Waals surface area contributed by atoms with Crippen molar-refractivity contribution in [3.8, 4) is 0 Å². The van der Waals surface area contributed by atoms with Crippen LogP contribution in [0.15, 0.2) is 47.4 Å². The average Bonchev–Trinajstić information content (AvgIpc) is 3.11. The molecule has 2 unspecified atom stereocenters. The number of rotatable bonds is 6. The third-order valence-electron chi connectivity index (χ3n) is 4.55. The maximum atomic E-state index is 12.6. The van der Waals surface area contributed by atoms with Gasteiger partial charge in [-0.15, -0.1) is 0 Å². The smallest absolute Gasteiger partial charge is 0.308 e. The molecule has 3 aromatic rings. The third kappa shape index (κ3) is 3.74. The maximum absolute atomic E-state index is 12.6. The van der Waals surface area contributed by atoms with Gasteiger partial charge in [0.05, 0.1) is 18.4 Å². The van der Waals surface area contributed by atoms with E-state index < -0.39 is 23.8 Å². The van der Waals surface area contributed by atoms with Gasteiger partial charge in [-0.3, -0.25) is 19.5 Å². The number of aryl methyl sites for hydroxylation is 1. The van der Waals surface area contributed by atoms with Crippen molar-refractivity contribution in [3.63, 3.8) is 0 Å². The molecule has 140 valence electrons.